The minimum Gasteiger partial charge on any atom is -0.549 e. The molecule has 0 saturated carbocycles. The molecule has 3 unspecified atom stereocenters. The Morgan fingerprint density at radius 1 is 0.585 bits per heavy atom. The molecule has 0 aliphatic heterocycles. The van der Waals surface area contributed by atoms with Crippen LogP contribution in [0.1, 0.15) is 125 Å². The van der Waals surface area contributed by atoms with Crippen LogP contribution in [0.2, 0.25) is 0 Å². The summed E-state index contributed by atoms with van der Waals surface area (Å²) in [6, 6.07) is 46.8. The highest BCUT2D eigenvalue weighted by Gasteiger charge is 2.50. The fraction of sp³-hybridized carbons (Fsp3) is 0.371. The molecule has 2 aromatic heterocycles. The Bertz CT molecular complexity index is 3440. The van der Waals surface area contributed by atoms with Crippen molar-refractivity contribution in [3.63, 3.8) is 0 Å². The summed E-state index contributed by atoms with van der Waals surface area (Å²) in [5, 5.41) is 23.8. The number of hydrogen-bond acceptors (Lipinski definition) is 8. The number of aryl methyl sites for hydroxylation is 4. The lowest BCUT2D eigenvalue weighted by molar-refractivity contribution is -0.329. The van der Waals surface area contributed by atoms with Crippen molar-refractivity contribution in [3.05, 3.63) is 167 Å². The van der Waals surface area contributed by atoms with E-state index in [0.717, 1.165) is 85.6 Å². The Morgan fingerprint density at radius 2 is 1.00 bits per heavy atom. The van der Waals surface area contributed by atoms with Crippen LogP contribution in [-0.2, 0) is 45.4 Å². The number of carboxylic acids is 2. The van der Waals surface area contributed by atoms with Gasteiger partial charge in [0.05, 0.1) is 53.2 Å². The topological polar surface area (TPSA) is 176 Å². The molecule has 11 nitrogen and oxygen atoms in total. The third-order valence-corrected chi connectivity index (χ3v) is 18.0. The Labute approximate surface area is 484 Å². The number of carbonyl (C=O) groups is 2. The Hall–Kier alpha value is -7.41. The maximum atomic E-state index is 12.3. The van der Waals surface area contributed by atoms with Crippen LogP contribution in [0.15, 0.2) is 142 Å². The highest BCUT2D eigenvalue weighted by molar-refractivity contribution is 7.87. The number of benzene rings is 6. The second-order valence-electron chi connectivity index (χ2n) is 22.2. The summed E-state index contributed by atoms with van der Waals surface area (Å²) < 4.78 is 57.2. The number of ether oxygens (including phenoxy) is 2. The fourth-order valence-corrected chi connectivity index (χ4v) is 13.5. The summed E-state index contributed by atoms with van der Waals surface area (Å²) in [5.41, 5.74) is 14.8. The lowest BCUT2D eigenvalue weighted by Gasteiger charge is -2.44. The SMILES string of the molecule is CCCCC(CC)CC(CC(CC)CCCC)(C(=O)[O-])C(C(=O)[O-])S(=O)(=O)O.COc1ccc2c(c1)CCc1c-2[o+]c2ccc(C)cc2c1-c1ccccc1.COc1ccc2c(c1)CCc1c-2[o+]c2ccc(C)cc2c1-c1ccccc1. The summed E-state index contributed by atoms with van der Waals surface area (Å²) in [6.45, 7) is 12.0. The van der Waals surface area contributed by atoms with Gasteiger partial charge in [0.25, 0.3) is 10.1 Å². The van der Waals surface area contributed by atoms with Crippen LogP contribution in [0.25, 0.3) is 66.8 Å². The minimum absolute atomic E-state index is 0.174. The summed E-state index contributed by atoms with van der Waals surface area (Å²) in [6.07, 6.45) is 9.41. The first-order valence-electron chi connectivity index (χ1n) is 29.1. The Kier molecular flexibility index (Phi) is 20.1. The van der Waals surface area contributed by atoms with E-state index in [1.807, 2.05) is 39.8 Å². The lowest BCUT2D eigenvalue weighted by Crippen LogP contribution is -2.60. The molecular weight excluding hydrogens is 1050 g/mol. The second kappa shape index (κ2) is 27.1. The molecule has 0 saturated heterocycles. The van der Waals surface area contributed by atoms with E-state index >= 15 is 0 Å². The van der Waals surface area contributed by atoms with Crippen LogP contribution in [0, 0.1) is 31.1 Å². The van der Waals surface area contributed by atoms with Crippen molar-refractivity contribution in [1.29, 1.82) is 0 Å². The predicted molar refractivity (Wildman–Crippen MR) is 324 cm³/mol. The number of carboxylic acid groups (broad SMARTS) is 2. The molecule has 0 spiro atoms. The molecule has 430 valence electrons. The van der Waals surface area contributed by atoms with Crippen molar-refractivity contribution in [1.82, 2.24) is 0 Å². The van der Waals surface area contributed by atoms with Gasteiger partial charge < -0.3 is 29.3 Å². The van der Waals surface area contributed by atoms with Crippen LogP contribution in [-0.4, -0.2) is 44.4 Å². The molecule has 2 aliphatic carbocycles. The van der Waals surface area contributed by atoms with E-state index in [-0.39, 0.29) is 24.7 Å². The smallest absolute Gasteiger partial charge is 0.364 e. The van der Waals surface area contributed by atoms with E-state index in [4.69, 9.17) is 18.3 Å². The maximum absolute atomic E-state index is 12.3. The van der Waals surface area contributed by atoms with Crippen LogP contribution < -0.4 is 19.7 Å². The monoisotopic (exact) mass is 1130 g/mol. The number of unbranched alkanes of at least 4 members (excludes halogenated alkanes) is 2. The first kappa shape index (κ1) is 60.7. The summed E-state index contributed by atoms with van der Waals surface area (Å²) in [7, 11) is -1.77. The van der Waals surface area contributed by atoms with Crippen molar-refractivity contribution in [2.75, 3.05) is 14.2 Å². The van der Waals surface area contributed by atoms with Gasteiger partial charge in [0.15, 0.2) is 0 Å². The number of aliphatic carboxylic acids is 2. The maximum Gasteiger partial charge on any atom is 0.364 e. The Morgan fingerprint density at radius 3 is 1.34 bits per heavy atom. The molecule has 0 amide bonds. The average Bonchev–Trinajstić information content (AvgIpc) is 3.54. The first-order valence-corrected chi connectivity index (χ1v) is 30.6. The molecule has 12 heteroatoms. The van der Waals surface area contributed by atoms with Gasteiger partial charge in [-0.3, -0.25) is 4.55 Å². The number of carbonyl (C=O) groups excluding carboxylic acids is 2. The van der Waals surface area contributed by atoms with Gasteiger partial charge in [0.1, 0.15) is 16.7 Å². The van der Waals surface area contributed by atoms with Gasteiger partial charge in [-0.15, -0.1) is 0 Å². The molecule has 10 rings (SSSR count). The standard InChI is InChI=1S/2C25H21O2.C20H38O7S/c2*1-16-8-13-23-22(14-16)24(17-6-4-3-5-7-17)21-11-9-18-15-19(26-2)10-12-20(18)25(21)27-23;1-5-9-11-15(7-3)13-20(19(23)24,14-16(8-4)12-10-6-2)17(18(21)22)28(25,26)27/h2*3-8,10,12-15H,9,11H2,1-2H3;15-17H,5-14H2,1-4H3,(H,21,22)(H,23,24)(H,25,26,27)/q2*+1;/p-2. The van der Waals surface area contributed by atoms with Crippen LogP contribution >= 0.6 is 0 Å². The van der Waals surface area contributed by atoms with Gasteiger partial charge in [-0.2, -0.15) is 8.42 Å². The van der Waals surface area contributed by atoms with Gasteiger partial charge in [-0.1, -0.05) is 140 Å². The van der Waals surface area contributed by atoms with Crippen LogP contribution in [0.4, 0.5) is 0 Å². The van der Waals surface area contributed by atoms with Gasteiger partial charge >= 0.3 is 22.7 Å². The molecule has 2 heterocycles. The van der Waals surface area contributed by atoms with E-state index in [1.165, 1.54) is 77.5 Å². The number of hydrogen-bond donors (Lipinski definition) is 1. The third-order valence-electron chi connectivity index (χ3n) is 16.7. The number of rotatable bonds is 20. The van der Waals surface area contributed by atoms with Crippen molar-refractivity contribution in [2.24, 2.45) is 17.3 Å². The van der Waals surface area contributed by atoms with E-state index in [9.17, 15) is 32.8 Å². The molecule has 1 N–H and O–H groups in total. The van der Waals surface area contributed by atoms with Gasteiger partial charge in [0, 0.05) is 34.6 Å². The third kappa shape index (κ3) is 13.4. The van der Waals surface area contributed by atoms with Crippen LogP contribution in [0.5, 0.6) is 11.5 Å². The molecule has 0 bridgehead atoms. The lowest BCUT2D eigenvalue weighted by atomic mass is 9.68. The van der Waals surface area contributed by atoms with Crippen molar-refractivity contribution >= 4 is 44.0 Å². The molecule has 0 fully saturated rings. The highest BCUT2D eigenvalue weighted by atomic mass is 32.2. The summed E-state index contributed by atoms with van der Waals surface area (Å²) >= 11 is 0. The van der Waals surface area contributed by atoms with E-state index in [2.05, 4.69) is 135 Å². The predicted octanol–water partition coefficient (Wildman–Crippen LogP) is 14.9. The zero-order chi connectivity index (χ0) is 58.7. The van der Waals surface area contributed by atoms with Crippen LogP contribution in [0.3, 0.4) is 0 Å². The zero-order valence-corrected chi connectivity index (χ0v) is 49.6. The number of methoxy groups -OCH3 is 2. The largest absolute Gasteiger partial charge is 0.549 e. The Balaban J connectivity index is 0.000000161. The minimum atomic E-state index is -5.20. The van der Waals surface area contributed by atoms with E-state index in [0.29, 0.717) is 25.7 Å². The first-order chi connectivity index (χ1) is 39.5. The quantitative estimate of drug-likeness (QED) is 0.0568. The van der Waals surface area contributed by atoms with Gasteiger partial charge in [-0.05, 0) is 158 Å². The normalized spacial score (nSPS) is 14.2. The molecule has 0 radical (unpaired) electrons. The zero-order valence-electron chi connectivity index (χ0n) is 48.8. The number of fused-ring (bicyclic) bond motifs is 8. The summed E-state index contributed by atoms with van der Waals surface area (Å²) in [4.78, 5) is 24.0. The molecular formula is C70H78O11S. The molecule has 8 aromatic rings. The summed E-state index contributed by atoms with van der Waals surface area (Å²) in [5.74, 6) is -0.432. The van der Waals surface area contributed by atoms with Crippen molar-refractivity contribution in [3.8, 4) is 56.4 Å². The average molecular weight is 1130 g/mol. The molecule has 6 aromatic carbocycles. The molecule has 3 atom stereocenters. The molecule has 2 aliphatic rings. The highest BCUT2D eigenvalue weighted by Crippen LogP contribution is 2.47. The van der Waals surface area contributed by atoms with Crippen molar-refractivity contribution < 1.29 is 51.1 Å². The van der Waals surface area contributed by atoms with E-state index < -0.39 is 32.7 Å². The fourth-order valence-electron chi connectivity index (χ4n) is 12.4. The van der Waals surface area contributed by atoms with E-state index in [1.54, 1.807) is 14.2 Å². The van der Waals surface area contributed by atoms with Gasteiger partial charge in [-0.25, -0.2) is 8.83 Å². The second-order valence-corrected chi connectivity index (χ2v) is 23.7. The van der Waals surface area contributed by atoms with Gasteiger partial charge in [0.2, 0.25) is 0 Å². The molecule has 82 heavy (non-hydrogen) atoms. The van der Waals surface area contributed by atoms with Crippen molar-refractivity contribution in [2.45, 2.75) is 137 Å².